The standard InChI is InChI=1S/C10H15BrN4O3S/c1-3-13-10-8(4-7(11)5-14-10)19(17,18)15-6-9(16)12-2/h4-5,15H,3,6H2,1-2H3,(H,12,16)(H,13,14). The quantitative estimate of drug-likeness (QED) is 0.685. The van der Waals surface area contributed by atoms with Gasteiger partial charge in [0.05, 0.1) is 6.54 Å². The number of sulfonamides is 1. The summed E-state index contributed by atoms with van der Waals surface area (Å²) in [6, 6.07) is 1.43. The van der Waals surface area contributed by atoms with Crippen LogP contribution in [0.5, 0.6) is 0 Å². The molecule has 1 heterocycles. The minimum Gasteiger partial charge on any atom is -0.369 e. The molecular weight excluding hydrogens is 336 g/mol. The summed E-state index contributed by atoms with van der Waals surface area (Å²) >= 11 is 3.17. The maximum atomic E-state index is 12.1. The first-order valence-corrected chi connectivity index (χ1v) is 7.78. The number of likely N-dealkylation sites (N-methyl/N-ethyl adjacent to an activating group) is 1. The summed E-state index contributed by atoms with van der Waals surface area (Å²) in [5.41, 5.74) is 0. The van der Waals surface area contributed by atoms with Crippen molar-refractivity contribution in [3.63, 3.8) is 0 Å². The molecule has 1 amide bonds. The van der Waals surface area contributed by atoms with Gasteiger partial charge >= 0.3 is 0 Å². The van der Waals surface area contributed by atoms with Crippen molar-refractivity contribution in [1.29, 1.82) is 0 Å². The lowest BCUT2D eigenvalue weighted by Gasteiger charge is -2.11. The van der Waals surface area contributed by atoms with Gasteiger partial charge in [-0.2, -0.15) is 0 Å². The summed E-state index contributed by atoms with van der Waals surface area (Å²) in [6.07, 6.45) is 1.50. The smallest absolute Gasteiger partial charge is 0.244 e. The number of carbonyl (C=O) groups excluding carboxylic acids is 1. The fraction of sp³-hybridized carbons (Fsp3) is 0.400. The number of amides is 1. The van der Waals surface area contributed by atoms with Crippen molar-refractivity contribution in [2.24, 2.45) is 0 Å². The molecule has 1 aromatic rings. The van der Waals surface area contributed by atoms with E-state index in [4.69, 9.17) is 0 Å². The highest BCUT2D eigenvalue weighted by Crippen LogP contribution is 2.22. The van der Waals surface area contributed by atoms with Gasteiger partial charge in [-0.1, -0.05) is 0 Å². The zero-order valence-electron chi connectivity index (χ0n) is 10.5. The molecule has 9 heteroatoms. The van der Waals surface area contributed by atoms with Crippen LogP contribution in [0.1, 0.15) is 6.92 Å². The zero-order valence-corrected chi connectivity index (χ0v) is 12.9. The third kappa shape index (κ3) is 4.44. The van der Waals surface area contributed by atoms with Crippen LogP contribution in [0, 0.1) is 0 Å². The summed E-state index contributed by atoms with van der Waals surface area (Å²) < 4.78 is 27.0. The molecule has 0 aromatic carbocycles. The summed E-state index contributed by atoms with van der Waals surface area (Å²) in [6.45, 7) is 2.04. The minimum atomic E-state index is -3.81. The Labute approximate surface area is 120 Å². The Morgan fingerprint density at radius 3 is 2.74 bits per heavy atom. The molecule has 19 heavy (non-hydrogen) atoms. The average molecular weight is 351 g/mol. The molecule has 0 saturated carbocycles. The maximum absolute atomic E-state index is 12.1. The fourth-order valence-electron chi connectivity index (χ4n) is 1.25. The topological polar surface area (TPSA) is 100 Å². The van der Waals surface area contributed by atoms with Crippen molar-refractivity contribution < 1.29 is 13.2 Å². The van der Waals surface area contributed by atoms with Crippen LogP contribution < -0.4 is 15.4 Å². The average Bonchev–Trinajstić information content (AvgIpc) is 2.38. The molecule has 106 valence electrons. The Morgan fingerprint density at radius 2 is 2.16 bits per heavy atom. The maximum Gasteiger partial charge on any atom is 0.244 e. The number of hydrogen-bond donors (Lipinski definition) is 3. The molecule has 0 saturated heterocycles. The summed E-state index contributed by atoms with van der Waals surface area (Å²) in [4.78, 5) is 15.1. The monoisotopic (exact) mass is 350 g/mol. The van der Waals surface area contributed by atoms with E-state index < -0.39 is 15.9 Å². The fourth-order valence-corrected chi connectivity index (χ4v) is 2.87. The highest BCUT2D eigenvalue weighted by atomic mass is 79.9. The Bertz CT molecular complexity index is 562. The molecule has 0 aliphatic carbocycles. The number of carbonyl (C=O) groups is 1. The van der Waals surface area contributed by atoms with Crippen LogP contribution in [-0.4, -0.2) is 39.4 Å². The van der Waals surface area contributed by atoms with E-state index in [-0.39, 0.29) is 17.3 Å². The van der Waals surface area contributed by atoms with Crippen molar-refractivity contribution in [3.05, 3.63) is 16.7 Å². The second-order valence-corrected chi connectivity index (χ2v) is 6.18. The molecule has 0 fully saturated rings. The number of aromatic nitrogens is 1. The van der Waals surface area contributed by atoms with E-state index in [0.717, 1.165) is 0 Å². The number of nitrogens with zero attached hydrogens (tertiary/aromatic N) is 1. The van der Waals surface area contributed by atoms with Crippen molar-refractivity contribution in [2.45, 2.75) is 11.8 Å². The Morgan fingerprint density at radius 1 is 1.47 bits per heavy atom. The molecule has 0 atom stereocenters. The molecule has 0 aliphatic rings. The van der Waals surface area contributed by atoms with Gasteiger partial charge in [0.25, 0.3) is 0 Å². The molecule has 0 aliphatic heterocycles. The summed E-state index contributed by atoms with van der Waals surface area (Å²) in [5, 5.41) is 5.19. The van der Waals surface area contributed by atoms with Crippen LogP contribution in [-0.2, 0) is 14.8 Å². The Kier molecular flexibility index (Phi) is 5.70. The Hall–Kier alpha value is -1.19. The first-order chi connectivity index (χ1) is 8.90. The number of pyridine rings is 1. The van der Waals surface area contributed by atoms with Gasteiger partial charge in [0.1, 0.15) is 10.7 Å². The van der Waals surface area contributed by atoms with E-state index in [1.807, 2.05) is 6.92 Å². The van der Waals surface area contributed by atoms with E-state index in [0.29, 0.717) is 11.0 Å². The number of rotatable bonds is 6. The molecule has 1 rings (SSSR count). The van der Waals surface area contributed by atoms with Crippen LogP contribution in [0.2, 0.25) is 0 Å². The lowest BCUT2D eigenvalue weighted by atomic mass is 10.4. The predicted molar refractivity (Wildman–Crippen MR) is 75.4 cm³/mol. The van der Waals surface area contributed by atoms with E-state index in [9.17, 15) is 13.2 Å². The summed E-state index contributed by atoms with van der Waals surface area (Å²) in [5.74, 6) is -0.174. The number of nitrogens with one attached hydrogen (secondary N) is 3. The summed E-state index contributed by atoms with van der Waals surface area (Å²) in [7, 11) is -2.37. The molecular formula is C10H15BrN4O3S. The zero-order chi connectivity index (χ0) is 14.5. The minimum absolute atomic E-state index is 0.00683. The van der Waals surface area contributed by atoms with Crippen molar-refractivity contribution in [3.8, 4) is 0 Å². The molecule has 0 spiro atoms. The normalized spacial score (nSPS) is 11.1. The number of halogens is 1. The van der Waals surface area contributed by atoms with Crippen LogP contribution in [0.3, 0.4) is 0 Å². The van der Waals surface area contributed by atoms with Crippen LogP contribution in [0.25, 0.3) is 0 Å². The van der Waals surface area contributed by atoms with Crippen LogP contribution >= 0.6 is 15.9 Å². The molecule has 0 unspecified atom stereocenters. The molecule has 3 N–H and O–H groups in total. The molecule has 0 radical (unpaired) electrons. The van der Waals surface area contributed by atoms with Crippen LogP contribution in [0.15, 0.2) is 21.6 Å². The number of anilines is 1. The lowest BCUT2D eigenvalue weighted by molar-refractivity contribution is -0.119. The van der Waals surface area contributed by atoms with E-state index >= 15 is 0 Å². The van der Waals surface area contributed by atoms with Crippen molar-refractivity contribution >= 4 is 37.7 Å². The van der Waals surface area contributed by atoms with E-state index in [2.05, 4.69) is 36.3 Å². The SMILES string of the molecule is CCNc1ncc(Br)cc1S(=O)(=O)NCC(=O)NC. The van der Waals surface area contributed by atoms with Crippen molar-refractivity contribution in [2.75, 3.05) is 25.5 Å². The largest absolute Gasteiger partial charge is 0.369 e. The van der Waals surface area contributed by atoms with Gasteiger partial charge in [0.2, 0.25) is 15.9 Å². The predicted octanol–water partition coefficient (Wildman–Crippen LogP) is 0.300. The second kappa shape index (κ2) is 6.83. The van der Waals surface area contributed by atoms with Gasteiger partial charge in [-0.25, -0.2) is 18.1 Å². The highest BCUT2D eigenvalue weighted by Gasteiger charge is 2.20. The molecule has 1 aromatic heterocycles. The van der Waals surface area contributed by atoms with Crippen LogP contribution in [0.4, 0.5) is 5.82 Å². The molecule has 7 nitrogen and oxygen atoms in total. The Balaban J connectivity index is 3.05. The lowest BCUT2D eigenvalue weighted by Crippen LogP contribution is -2.35. The van der Waals surface area contributed by atoms with E-state index in [1.54, 1.807) is 0 Å². The van der Waals surface area contributed by atoms with Gasteiger partial charge in [-0.15, -0.1) is 0 Å². The van der Waals surface area contributed by atoms with Gasteiger partial charge in [0, 0.05) is 24.3 Å². The second-order valence-electron chi connectivity index (χ2n) is 3.53. The first kappa shape index (κ1) is 15.9. The van der Waals surface area contributed by atoms with Gasteiger partial charge in [-0.3, -0.25) is 4.79 Å². The van der Waals surface area contributed by atoms with Gasteiger partial charge in [-0.05, 0) is 28.9 Å². The third-order valence-electron chi connectivity index (χ3n) is 2.15. The van der Waals surface area contributed by atoms with Gasteiger partial charge < -0.3 is 10.6 Å². The highest BCUT2D eigenvalue weighted by molar-refractivity contribution is 9.10. The number of hydrogen-bond acceptors (Lipinski definition) is 5. The van der Waals surface area contributed by atoms with Crippen molar-refractivity contribution in [1.82, 2.24) is 15.0 Å². The first-order valence-electron chi connectivity index (χ1n) is 5.50. The third-order valence-corrected chi connectivity index (χ3v) is 4.00. The van der Waals surface area contributed by atoms with E-state index in [1.165, 1.54) is 19.3 Å². The molecule has 0 bridgehead atoms. The van der Waals surface area contributed by atoms with Gasteiger partial charge in [0.15, 0.2) is 0 Å².